The van der Waals surface area contributed by atoms with Crippen LogP contribution in [-0.4, -0.2) is 17.5 Å². The van der Waals surface area contributed by atoms with Gasteiger partial charge in [-0.1, -0.05) is 42.8 Å². The van der Waals surface area contributed by atoms with Crippen LogP contribution in [0, 0.1) is 5.41 Å². The number of hydrogen-bond acceptors (Lipinski definition) is 3. The Kier molecular flexibility index (Phi) is 4.10. The lowest BCUT2D eigenvalue weighted by Gasteiger charge is -2.39. The van der Waals surface area contributed by atoms with Crippen molar-refractivity contribution < 1.29 is 9.53 Å². The van der Waals surface area contributed by atoms with E-state index in [0.717, 1.165) is 41.6 Å². The zero-order chi connectivity index (χ0) is 17.1. The molecule has 1 saturated carbocycles. The lowest BCUT2D eigenvalue weighted by Crippen LogP contribution is -2.46. The van der Waals surface area contributed by atoms with Gasteiger partial charge in [0.05, 0.1) is 16.6 Å². The molecule has 4 nitrogen and oxygen atoms in total. The standard InChI is InChI=1S/C21H20N2O2/c24-20(23-18-11-4-7-16-8-5-14-22-19(16)18)21(12-6-13-21)15-25-17-9-2-1-3-10-17/h1-5,7-11,14H,6,12-13,15H2,(H,23,24). The monoisotopic (exact) mass is 332 g/mol. The van der Waals surface area contributed by atoms with Crippen LogP contribution < -0.4 is 10.1 Å². The van der Waals surface area contributed by atoms with Crippen LogP contribution in [-0.2, 0) is 4.79 Å². The molecule has 126 valence electrons. The van der Waals surface area contributed by atoms with Gasteiger partial charge in [-0.25, -0.2) is 0 Å². The number of pyridine rings is 1. The van der Waals surface area contributed by atoms with E-state index in [1.54, 1.807) is 6.20 Å². The fraction of sp³-hybridized carbons (Fsp3) is 0.238. The lowest BCUT2D eigenvalue weighted by atomic mass is 9.68. The molecule has 1 aliphatic rings. The average Bonchev–Trinajstić information content (AvgIpc) is 2.62. The van der Waals surface area contributed by atoms with Crippen LogP contribution in [0.5, 0.6) is 5.75 Å². The zero-order valence-corrected chi connectivity index (χ0v) is 13.9. The molecule has 0 bridgehead atoms. The number of carbonyl (C=O) groups is 1. The van der Waals surface area contributed by atoms with Gasteiger partial charge in [-0.05, 0) is 37.1 Å². The van der Waals surface area contributed by atoms with Crippen molar-refractivity contribution in [2.45, 2.75) is 19.3 Å². The summed E-state index contributed by atoms with van der Waals surface area (Å²) in [5.74, 6) is 0.821. The summed E-state index contributed by atoms with van der Waals surface area (Å²) in [6.45, 7) is 0.404. The summed E-state index contributed by atoms with van der Waals surface area (Å²) in [6, 6.07) is 19.4. The molecule has 3 aromatic rings. The first-order valence-electron chi connectivity index (χ1n) is 8.60. The molecule has 0 spiro atoms. The number of para-hydroxylation sites is 2. The second kappa shape index (κ2) is 6.55. The van der Waals surface area contributed by atoms with Gasteiger partial charge in [0.25, 0.3) is 0 Å². The van der Waals surface area contributed by atoms with Crippen LogP contribution in [0.1, 0.15) is 19.3 Å². The molecular formula is C21H20N2O2. The molecule has 4 rings (SSSR count). The first-order valence-corrected chi connectivity index (χ1v) is 8.60. The van der Waals surface area contributed by atoms with Gasteiger partial charge in [-0.2, -0.15) is 0 Å². The molecule has 0 unspecified atom stereocenters. The normalized spacial score (nSPS) is 15.4. The van der Waals surface area contributed by atoms with Crippen molar-refractivity contribution in [1.29, 1.82) is 0 Å². The number of amides is 1. The van der Waals surface area contributed by atoms with E-state index >= 15 is 0 Å². The predicted molar refractivity (Wildman–Crippen MR) is 98.6 cm³/mol. The molecule has 2 aromatic carbocycles. The Balaban J connectivity index is 1.52. The van der Waals surface area contributed by atoms with Crippen molar-refractivity contribution in [3.8, 4) is 5.75 Å². The highest BCUT2D eigenvalue weighted by atomic mass is 16.5. The van der Waals surface area contributed by atoms with Gasteiger partial charge >= 0.3 is 0 Å². The molecule has 1 amide bonds. The zero-order valence-electron chi connectivity index (χ0n) is 13.9. The fourth-order valence-corrected chi connectivity index (χ4v) is 3.24. The third kappa shape index (κ3) is 3.07. The summed E-state index contributed by atoms with van der Waals surface area (Å²) >= 11 is 0. The van der Waals surface area contributed by atoms with Crippen LogP contribution in [0.3, 0.4) is 0 Å². The molecular weight excluding hydrogens is 312 g/mol. The quantitative estimate of drug-likeness (QED) is 0.752. The van der Waals surface area contributed by atoms with E-state index in [2.05, 4.69) is 10.3 Å². The number of nitrogens with zero attached hydrogens (tertiary/aromatic N) is 1. The largest absolute Gasteiger partial charge is 0.492 e. The molecule has 1 fully saturated rings. The Labute approximate surface area is 146 Å². The van der Waals surface area contributed by atoms with Crippen LogP contribution >= 0.6 is 0 Å². The molecule has 1 heterocycles. The topological polar surface area (TPSA) is 51.2 Å². The third-order valence-electron chi connectivity index (χ3n) is 4.93. The molecule has 25 heavy (non-hydrogen) atoms. The number of nitrogens with one attached hydrogen (secondary N) is 1. The van der Waals surface area contributed by atoms with Crippen molar-refractivity contribution >= 4 is 22.5 Å². The van der Waals surface area contributed by atoms with Crippen molar-refractivity contribution in [3.05, 3.63) is 66.9 Å². The Hall–Kier alpha value is -2.88. The maximum atomic E-state index is 13.0. The average molecular weight is 332 g/mol. The Morgan fingerprint density at radius 3 is 2.60 bits per heavy atom. The minimum absolute atomic E-state index is 0.0211. The highest BCUT2D eigenvalue weighted by Crippen LogP contribution is 2.42. The van der Waals surface area contributed by atoms with Crippen molar-refractivity contribution in [1.82, 2.24) is 4.98 Å². The summed E-state index contributed by atoms with van der Waals surface area (Å²) in [5, 5.41) is 4.10. The summed E-state index contributed by atoms with van der Waals surface area (Å²) < 4.78 is 5.88. The van der Waals surface area contributed by atoms with E-state index < -0.39 is 5.41 Å². The Bertz CT molecular complexity index is 883. The Morgan fingerprint density at radius 1 is 1.04 bits per heavy atom. The van der Waals surface area contributed by atoms with E-state index in [1.807, 2.05) is 60.7 Å². The maximum absolute atomic E-state index is 13.0. The SMILES string of the molecule is O=C(Nc1cccc2cccnc12)C1(COc2ccccc2)CCC1. The van der Waals surface area contributed by atoms with Crippen molar-refractivity contribution in [2.24, 2.45) is 5.41 Å². The number of anilines is 1. The summed E-state index contributed by atoms with van der Waals surface area (Å²) in [4.78, 5) is 17.4. The van der Waals surface area contributed by atoms with E-state index in [0.29, 0.717) is 6.61 Å². The number of benzene rings is 2. The highest BCUT2D eigenvalue weighted by Gasteiger charge is 2.45. The summed E-state index contributed by atoms with van der Waals surface area (Å²) in [6.07, 6.45) is 4.50. The maximum Gasteiger partial charge on any atom is 0.234 e. The second-order valence-electron chi connectivity index (χ2n) is 6.57. The van der Waals surface area contributed by atoms with Crippen LogP contribution in [0.15, 0.2) is 66.9 Å². The van der Waals surface area contributed by atoms with Gasteiger partial charge in [-0.15, -0.1) is 0 Å². The van der Waals surface area contributed by atoms with Crippen molar-refractivity contribution in [3.63, 3.8) is 0 Å². The van der Waals surface area contributed by atoms with E-state index in [9.17, 15) is 4.79 Å². The van der Waals surface area contributed by atoms with Crippen molar-refractivity contribution in [2.75, 3.05) is 11.9 Å². The number of hydrogen-bond donors (Lipinski definition) is 1. The lowest BCUT2D eigenvalue weighted by molar-refractivity contribution is -0.132. The van der Waals surface area contributed by atoms with Gasteiger partial charge in [0.1, 0.15) is 12.4 Å². The van der Waals surface area contributed by atoms with Gasteiger partial charge in [0, 0.05) is 11.6 Å². The van der Waals surface area contributed by atoms with E-state index in [1.165, 1.54) is 0 Å². The number of aromatic nitrogens is 1. The molecule has 0 atom stereocenters. The molecule has 1 aliphatic carbocycles. The fourth-order valence-electron chi connectivity index (χ4n) is 3.24. The van der Waals surface area contributed by atoms with Crippen LogP contribution in [0.25, 0.3) is 10.9 Å². The number of carbonyl (C=O) groups excluding carboxylic acids is 1. The summed E-state index contributed by atoms with van der Waals surface area (Å²) in [5.41, 5.74) is 1.12. The van der Waals surface area contributed by atoms with Crippen LogP contribution in [0.4, 0.5) is 5.69 Å². The van der Waals surface area contributed by atoms with E-state index in [-0.39, 0.29) is 5.91 Å². The third-order valence-corrected chi connectivity index (χ3v) is 4.93. The summed E-state index contributed by atoms with van der Waals surface area (Å²) in [7, 11) is 0. The first kappa shape index (κ1) is 15.6. The molecule has 4 heteroatoms. The van der Waals surface area contributed by atoms with E-state index in [4.69, 9.17) is 4.74 Å². The molecule has 0 radical (unpaired) electrons. The smallest absolute Gasteiger partial charge is 0.234 e. The highest BCUT2D eigenvalue weighted by molar-refractivity contribution is 6.02. The van der Waals surface area contributed by atoms with Gasteiger partial charge in [0.2, 0.25) is 5.91 Å². The number of rotatable bonds is 5. The van der Waals surface area contributed by atoms with Gasteiger partial charge < -0.3 is 10.1 Å². The second-order valence-corrected chi connectivity index (χ2v) is 6.57. The number of fused-ring (bicyclic) bond motifs is 1. The molecule has 0 aliphatic heterocycles. The number of ether oxygens (including phenoxy) is 1. The van der Waals surface area contributed by atoms with Gasteiger partial charge in [0.15, 0.2) is 0 Å². The van der Waals surface area contributed by atoms with Crippen LogP contribution in [0.2, 0.25) is 0 Å². The Morgan fingerprint density at radius 2 is 1.84 bits per heavy atom. The predicted octanol–water partition coefficient (Wildman–Crippen LogP) is 4.42. The molecule has 1 N–H and O–H groups in total. The van der Waals surface area contributed by atoms with Gasteiger partial charge in [-0.3, -0.25) is 9.78 Å². The first-order chi connectivity index (χ1) is 12.3. The molecule has 1 aromatic heterocycles. The minimum Gasteiger partial charge on any atom is -0.492 e. The molecule has 0 saturated heterocycles. The minimum atomic E-state index is -0.452.